The van der Waals surface area contributed by atoms with Crippen molar-refractivity contribution >= 4 is 11.9 Å². The average molecular weight is 259 g/mol. The van der Waals surface area contributed by atoms with Gasteiger partial charge in [0.05, 0.1) is 6.61 Å². The second-order valence-electron chi connectivity index (χ2n) is 4.26. The molecule has 98 valence electrons. The molecule has 0 saturated carbocycles. The molecule has 1 unspecified atom stereocenters. The number of rotatable bonds is 2. The zero-order valence-electron chi connectivity index (χ0n) is 10.2. The Hall–Kier alpha value is -2.32. The van der Waals surface area contributed by atoms with Crippen molar-refractivity contribution in [3.05, 3.63) is 35.9 Å². The Labute approximate surface area is 110 Å². The molecule has 1 aliphatic rings. The van der Waals surface area contributed by atoms with E-state index in [0.717, 1.165) is 0 Å². The van der Waals surface area contributed by atoms with Crippen LogP contribution in [-0.2, 0) is 14.3 Å². The van der Waals surface area contributed by atoms with E-state index in [9.17, 15) is 9.59 Å². The maximum atomic E-state index is 11.7. The van der Waals surface area contributed by atoms with E-state index in [1.165, 1.54) is 0 Å². The van der Waals surface area contributed by atoms with Gasteiger partial charge < -0.3 is 15.2 Å². The summed E-state index contributed by atoms with van der Waals surface area (Å²) in [4.78, 5) is 22.9. The molecule has 1 heterocycles. The number of hydrogen-bond acceptors (Lipinski definition) is 3. The van der Waals surface area contributed by atoms with Crippen LogP contribution in [0.5, 0.6) is 0 Å². The van der Waals surface area contributed by atoms with E-state index in [4.69, 9.17) is 9.84 Å². The third-order valence-electron chi connectivity index (χ3n) is 2.88. The van der Waals surface area contributed by atoms with E-state index >= 15 is 0 Å². The number of carbonyl (C=O) groups excluding carboxylic acids is 1. The third-order valence-corrected chi connectivity index (χ3v) is 2.88. The summed E-state index contributed by atoms with van der Waals surface area (Å²) in [6.07, 6.45) is 0.251. The number of nitrogens with one attached hydrogen (secondary N) is 1. The zero-order valence-corrected chi connectivity index (χ0v) is 10.2. The molecule has 0 spiro atoms. The smallest absolute Gasteiger partial charge is 0.331 e. The lowest BCUT2D eigenvalue weighted by atomic mass is 9.99. The largest absolute Gasteiger partial charge is 0.479 e. The molecular formula is C14H13NO4. The second kappa shape index (κ2) is 5.55. The highest BCUT2D eigenvalue weighted by Gasteiger charge is 2.43. The SMILES string of the molecule is O=C(C#Cc1ccccc1)NC1(C(=O)O)CCOC1. The van der Waals surface area contributed by atoms with Crippen molar-refractivity contribution in [2.45, 2.75) is 12.0 Å². The van der Waals surface area contributed by atoms with E-state index in [1.54, 1.807) is 12.1 Å². The van der Waals surface area contributed by atoms with Crippen LogP contribution in [0.1, 0.15) is 12.0 Å². The summed E-state index contributed by atoms with van der Waals surface area (Å²) in [5.41, 5.74) is -0.646. The van der Waals surface area contributed by atoms with Gasteiger partial charge in [0, 0.05) is 24.5 Å². The van der Waals surface area contributed by atoms with Crippen molar-refractivity contribution in [3.8, 4) is 11.8 Å². The highest BCUT2D eigenvalue weighted by atomic mass is 16.5. The first-order chi connectivity index (χ1) is 9.12. The molecule has 19 heavy (non-hydrogen) atoms. The fourth-order valence-corrected chi connectivity index (χ4v) is 1.78. The first-order valence-electron chi connectivity index (χ1n) is 5.83. The van der Waals surface area contributed by atoms with Gasteiger partial charge in [-0.15, -0.1) is 0 Å². The van der Waals surface area contributed by atoms with Gasteiger partial charge in [-0.1, -0.05) is 24.1 Å². The first kappa shape index (κ1) is 13.1. The van der Waals surface area contributed by atoms with Crippen molar-refractivity contribution in [1.82, 2.24) is 5.32 Å². The number of ether oxygens (including phenoxy) is 1. The lowest BCUT2D eigenvalue weighted by molar-refractivity contribution is -0.146. The number of carboxylic acids is 1. The highest BCUT2D eigenvalue weighted by Crippen LogP contribution is 2.18. The number of hydrogen-bond donors (Lipinski definition) is 2. The normalized spacial score (nSPS) is 21.3. The number of carbonyl (C=O) groups is 2. The van der Waals surface area contributed by atoms with Crippen LogP contribution < -0.4 is 5.32 Å². The minimum Gasteiger partial charge on any atom is -0.479 e. The molecule has 1 amide bonds. The third kappa shape index (κ3) is 3.12. The maximum Gasteiger partial charge on any atom is 0.331 e. The Morgan fingerprint density at radius 2 is 2.05 bits per heavy atom. The molecular weight excluding hydrogens is 246 g/mol. The fourth-order valence-electron chi connectivity index (χ4n) is 1.78. The van der Waals surface area contributed by atoms with Crippen molar-refractivity contribution in [2.75, 3.05) is 13.2 Å². The quantitative estimate of drug-likeness (QED) is 0.754. The fraction of sp³-hybridized carbons (Fsp3) is 0.286. The van der Waals surface area contributed by atoms with Gasteiger partial charge in [-0.3, -0.25) is 4.79 Å². The minimum atomic E-state index is -1.34. The van der Waals surface area contributed by atoms with Gasteiger partial charge in [0.25, 0.3) is 5.91 Å². The van der Waals surface area contributed by atoms with E-state index < -0.39 is 17.4 Å². The lowest BCUT2D eigenvalue weighted by Gasteiger charge is -2.21. The van der Waals surface area contributed by atoms with Gasteiger partial charge in [-0.05, 0) is 12.1 Å². The van der Waals surface area contributed by atoms with Crippen LogP contribution in [0.15, 0.2) is 30.3 Å². The molecule has 1 atom stereocenters. The molecule has 2 N–H and O–H groups in total. The number of amides is 1. The van der Waals surface area contributed by atoms with Gasteiger partial charge in [0.2, 0.25) is 0 Å². The molecule has 0 radical (unpaired) electrons. The molecule has 0 aliphatic carbocycles. The summed E-state index contributed by atoms with van der Waals surface area (Å²) < 4.78 is 5.04. The summed E-state index contributed by atoms with van der Waals surface area (Å²) in [7, 11) is 0. The van der Waals surface area contributed by atoms with Gasteiger partial charge >= 0.3 is 5.97 Å². The topological polar surface area (TPSA) is 75.6 Å². The number of aliphatic carboxylic acids is 1. The van der Waals surface area contributed by atoms with Crippen molar-refractivity contribution in [2.24, 2.45) is 0 Å². The standard InChI is InChI=1S/C14H13NO4/c16-12(7-6-11-4-2-1-3-5-11)15-14(13(17)18)8-9-19-10-14/h1-5H,8-10H2,(H,15,16)(H,17,18). The second-order valence-corrected chi connectivity index (χ2v) is 4.26. The van der Waals surface area contributed by atoms with Crippen LogP contribution in [0, 0.1) is 11.8 Å². The van der Waals surface area contributed by atoms with Crippen LogP contribution in [0.2, 0.25) is 0 Å². The van der Waals surface area contributed by atoms with E-state index in [2.05, 4.69) is 17.2 Å². The van der Waals surface area contributed by atoms with Crippen LogP contribution in [0.4, 0.5) is 0 Å². The Balaban J connectivity index is 2.05. The average Bonchev–Trinajstić information content (AvgIpc) is 2.87. The summed E-state index contributed by atoms with van der Waals surface area (Å²) in [5.74, 6) is 3.35. The van der Waals surface area contributed by atoms with E-state index in [-0.39, 0.29) is 13.0 Å². The predicted molar refractivity (Wildman–Crippen MR) is 67.3 cm³/mol. The zero-order chi connectivity index (χ0) is 13.7. The van der Waals surface area contributed by atoms with Crippen LogP contribution in [0.25, 0.3) is 0 Å². The minimum absolute atomic E-state index is 0.0267. The summed E-state index contributed by atoms with van der Waals surface area (Å²) in [6, 6.07) is 9.01. The van der Waals surface area contributed by atoms with Crippen molar-refractivity contribution < 1.29 is 19.4 Å². The van der Waals surface area contributed by atoms with Gasteiger partial charge in [0.1, 0.15) is 0 Å². The Bertz CT molecular complexity index is 536. The summed E-state index contributed by atoms with van der Waals surface area (Å²) in [5, 5.41) is 11.6. The maximum absolute atomic E-state index is 11.7. The number of carboxylic acid groups (broad SMARTS) is 1. The van der Waals surface area contributed by atoms with E-state index in [0.29, 0.717) is 12.2 Å². The van der Waals surface area contributed by atoms with Gasteiger partial charge in [-0.2, -0.15) is 0 Å². The molecule has 5 nitrogen and oxygen atoms in total. The summed E-state index contributed by atoms with van der Waals surface area (Å²) in [6.45, 7) is 0.291. The lowest BCUT2D eigenvalue weighted by Crippen LogP contribution is -2.54. The summed E-state index contributed by atoms with van der Waals surface area (Å²) >= 11 is 0. The van der Waals surface area contributed by atoms with Gasteiger partial charge in [0.15, 0.2) is 5.54 Å². The highest BCUT2D eigenvalue weighted by molar-refractivity contribution is 5.98. The first-order valence-corrected chi connectivity index (χ1v) is 5.83. The Morgan fingerprint density at radius 3 is 2.63 bits per heavy atom. The number of benzene rings is 1. The van der Waals surface area contributed by atoms with Crippen molar-refractivity contribution in [3.63, 3.8) is 0 Å². The molecule has 1 aliphatic heterocycles. The Morgan fingerprint density at radius 1 is 1.32 bits per heavy atom. The van der Waals surface area contributed by atoms with E-state index in [1.807, 2.05) is 18.2 Å². The van der Waals surface area contributed by atoms with Crippen LogP contribution >= 0.6 is 0 Å². The molecule has 2 rings (SSSR count). The molecule has 1 saturated heterocycles. The molecule has 5 heteroatoms. The molecule has 1 fully saturated rings. The Kier molecular flexibility index (Phi) is 3.83. The molecule has 0 aromatic heterocycles. The monoisotopic (exact) mass is 259 g/mol. The molecule has 1 aromatic rings. The van der Waals surface area contributed by atoms with Gasteiger partial charge in [-0.25, -0.2) is 4.79 Å². The molecule has 1 aromatic carbocycles. The van der Waals surface area contributed by atoms with Crippen LogP contribution in [-0.4, -0.2) is 35.7 Å². The predicted octanol–water partition coefficient (Wildman–Crippen LogP) is 0.398. The molecule has 0 bridgehead atoms. The van der Waals surface area contributed by atoms with Crippen molar-refractivity contribution in [1.29, 1.82) is 0 Å². The van der Waals surface area contributed by atoms with Crippen LogP contribution in [0.3, 0.4) is 0 Å².